The lowest BCUT2D eigenvalue weighted by atomic mass is 10.1. The first kappa shape index (κ1) is 14.4. The number of nitrogens with one attached hydrogen (secondary N) is 1. The van der Waals surface area contributed by atoms with Crippen molar-refractivity contribution in [1.29, 1.82) is 0 Å². The van der Waals surface area contributed by atoms with Gasteiger partial charge in [-0.25, -0.2) is 13.1 Å². The fraction of sp³-hybridized carbons (Fsp3) is 0.400. The van der Waals surface area contributed by atoms with Crippen LogP contribution in [-0.4, -0.2) is 25.7 Å². The van der Waals surface area contributed by atoms with Crippen LogP contribution >= 0.6 is 15.9 Å². The average molecular weight is 323 g/mol. The molecule has 1 aromatic rings. The molecule has 0 radical (unpaired) electrons. The van der Waals surface area contributed by atoms with Gasteiger partial charge in [0.2, 0.25) is 10.0 Å². The number of aliphatic hydroxyl groups is 1. The molecule has 0 aliphatic carbocycles. The first-order chi connectivity index (χ1) is 7.68. The Morgan fingerprint density at radius 1 is 1.47 bits per heavy atom. The molecule has 0 spiro atoms. The number of sulfonamides is 1. The fourth-order valence-corrected chi connectivity index (χ4v) is 2.83. The number of rotatable bonds is 4. The molecule has 7 heteroatoms. The van der Waals surface area contributed by atoms with Crippen molar-refractivity contribution in [2.45, 2.75) is 24.3 Å². The summed E-state index contributed by atoms with van der Waals surface area (Å²) in [5.41, 5.74) is 5.05. The molecule has 17 heavy (non-hydrogen) atoms. The summed E-state index contributed by atoms with van der Waals surface area (Å²) in [5.74, 6) is 0. The van der Waals surface area contributed by atoms with Crippen molar-refractivity contribution < 1.29 is 13.5 Å². The van der Waals surface area contributed by atoms with E-state index >= 15 is 0 Å². The molecule has 4 N–H and O–H groups in total. The second-order valence-corrected chi connectivity index (χ2v) is 6.87. The van der Waals surface area contributed by atoms with Gasteiger partial charge in [-0.1, -0.05) is 0 Å². The van der Waals surface area contributed by atoms with Gasteiger partial charge in [0.1, 0.15) is 0 Å². The van der Waals surface area contributed by atoms with Crippen molar-refractivity contribution >= 4 is 31.6 Å². The zero-order chi connectivity index (χ0) is 13.3. The molecule has 0 aliphatic rings. The van der Waals surface area contributed by atoms with Gasteiger partial charge in [-0.15, -0.1) is 0 Å². The van der Waals surface area contributed by atoms with E-state index in [1.165, 1.54) is 12.1 Å². The zero-order valence-electron chi connectivity index (χ0n) is 9.57. The molecule has 1 aromatic carbocycles. The van der Waals surface area contributed by atoms with Crippen molar-refractivity contribution in [3.05, 3.63) is 22.7 Å². The maximum atomic E-state index is 12.0. The van der Waals surface area contributed by atoms with Crippen LogP contribution in [-0.2, 0) is 10.0 Å². The molecule has 96 valence electrons. The van der Waals surface area contributed by atoms with E-state index in [0.29, 0.717) is 10.2 Å². The van der Waals surface area contributed by atoms with E-state index in [4.69, 9.17) is 10.8 Å². The predicted octanol–water partition coefficient (Wildman–Crippen LogP) is 1.08. The topological polar surface area (TPSA) is 92.4 Å². The van der Waals surface area contributed by atoms with Gasteiger partial charge in [0.15, 0.2) is 0 Å². The molecule has 0 bridgehead atoms. The number of halogens is 1. The van der Waals surface area contributed by atoms with Crippen LogP contribution in [0.4, 0.5) is 5.69 Å². The van der Waals surface area contributed by atoms with E-state index < -0.39 is 15.6 Å². The van der Waals surface area contributed by atoms with E-state index in [2.05, 4.69) is 20.7 Å². The Bertz CT molecular complexity index is 514. The van der Waals surface area contributed by atoms with E-state index in [1.807, 2.05) is 0 Å². The summed E-state index contributed by atoms with van der Waals surface area (Å²) in [7, 11) is -3.68. The van der Waals surface area contributed by atoms with E-state index in [9.17, 15) is 8.42 Å². The molecule has 0 unspecified atom stereocenters. The number of hydrogen-bond donors (Lipinski definition) is 3. The van der Waals surface area contributed by atoms with Gasteiger partial charge >= 0.3 is 0 Å². The molecular weight excluding hydrogens is 308 g/mol. The number of nitrogens with two attached hydrogens (primary N) is 1. The van der Waals surface area contributed by atoms with Crippen molar-refractivity contribution in [3.63, 3.8) is 0 Å². The summed E-state index contributed by atoms with van der Waals surface area (Å²) < 4.78 is 27.0. The first-order valence-corrected chi connectivity index (χ1v) is 7.15. The third-order valence-electron chi connectivity index (χ3n) is 2.08. The standard InChI is InChI=1S/C10H15BrN2O3S/c1-10(2,6-14)13-17(15,16)7-3-4-8(11)9(12)5-7/h3-5,13-14H,6,12H2,1-2H3. The number of aliphatic hydroxyl groups excluding tert-OH is 1. The smallest absolute Gasteiger partial charge is 0.241 e. The molecular formula is C10H15BrN2O3S. The van der Waals surface area contributed by atoms with E-state index in [-0.39, 0.29) is 11.5 Å². The van der Waals surface area contributed by atoms with Crippen LogP contribution in [0.1, 0.15) is 13.8 Å². The van der Waals surface area contributed by atoms with E-state index in [1.54, 1.807) is 19.9 Å². The van der Waals surface area contributed by atoms with Gasteiger partial charge in [-0.05, 0) is 48.0 Å². The zero-order valence-corrected chi connectivity index (χ0v) is 12.0. The summed E-state index contributed by atoms with van der Waals surface area (Å²) >= 11 is 3.19. The lowest BCUT2D eigenvalue weighted by Gasteiger charge is -2.23. The molecule has 0 saturated heterocycles. The predicted molar refractivity (Wildman–Crippen MR) is 70.0 cm³/mol. The first-order valence-electron chi connectivity index (χ1n) is 4.88. The normalized spacial score (nSPS) is 12.7. The highest BCUT2D eigenvalue weighted by atomic mass is 79.9. The minimum atomic E-state index is -3.68. The minimum absolute atomic E-state index is 0.0692. The molecule has 0 aromatic heterocycles. The number of benzene rings is 1. The number of anilines is 1. The summed E-state index contributed by atoms with van der Waals surface area (Å²) in [6.07, 6.45) is 0. The van der Waals surface area contributed by atoms with Crippen molar-refractivity contribution in [1.82, 2.24) is 4.72 Å². The van der Waals surface area contributed by atoms with Gasteiger partial charge in [-0.3, -0.25) is 0 Å². The molecule has 0 aliphatic heterocycles. The lowest BCUT2D eigenvalue weighted by molar-refractivity contribution is 0.208. The second-order valence-electron chi connectivity index (χ2n) is 4.33. The third-order valence-corrected chi connectivity index (χ3v) is 4.50. The molecule has 0 saturated carbocycles. The third kappa shape index (κ3) is 3.67. The summed E-state index contributed by atoms with van der Waals surface area (Å²) in [6.45, 7) is 2.89. The monoisotopic (exact) mass is 322 g/mol. The quantitative estimate of drug-likeness (QED) is 0.723. The van der Waals surface area contributed by atoms with Crippen molar-refractivity contribution in [3.8, 4) is 0 Å². The minimum Gasteiger partial charge on any atom is -0.398 e. The van der Waals surface area contributed by atoms with Crippen LogP contribution < -0.4 is 10.5 Å². The van der Waals surface area contributed by atoms with Gasteiger partial charge in [-0.2, -0.15) is 0 Å². The largest absolute Gasteiger partial charge is 0.398 e. The van der Waals surface area contributed by atoms with Crippen LogP contribution in [0, 0.1) is 0 Å². The maximum Gasteiger partial charge on any atom is 0.241 e. The Morgan fingerprint density at radius 3 is 2.53 bits per heavy atom. The summed E-state index contributed by atoms with van der Waals surface area (Å²) in [5, 5.41) is 9.04. The fourth-order valence-electron chi connectivity index (χ4n) is 1.14. The van der Waals surface area contributed by atoms with Crippen LogP contribution in [0.25, 0.3) is 0 Å². The van der Waals surface area contributed by atoms with Gasteiger partial charge in [0.25, 0.3) is 0 Å². The highest BCUT2D eigenvalue weighted by molar-refractivity contribution is 9.10. The molecule has 0 heterocycles. The van der Waals surface area contributed by atoms with Crippen molar-refractivity contribution in [2.75, 3.05) is 12.3 Å². The van der Waals surface area contributed by atoms with Crippen molar-refractivity contribution in [2.24, 2.45) is 0 Å². The average Bonchev–Trinajstić information content (AvgIpc) is 2.20. The Labute approximate surface area is 109 Å². The number of nitrogen functional groups attached to an aromatic ring is 1. The van der Waals surface area contributed by atoms with Gasteiger partial charge < -0.3 is 10.8 Å². The molecule has 0 atom stereocenters. The highest BCUT2D eigenvalue weighted by Gasteiger charge is 2.25. The highest BCUT2D eigenvalue weighted by Crippen LogP contribution is 2.23. The van der Waals surface area contributed by atoms with Gasteiger partial charge in [0.05, 0.1) is 17.0 Å². The Balaban J connectivity index is 3.10. The van der Waals surface area contributed by atoms with Crippen LogP contribution in [0.2, 0.25) is 0 Å². The Kier molecular flexibility index (Phi) is 4.19. The molecule has 0 amide bonds. The number of hydrogen-bond acceptors (Lipinski definition) is 4. The second kappa shape index (κ2) is 4.93. The van der Waals surface area contributed by atoms with E-state index in [0.717, 1.165) is 0 Å². The van der Waals surface area contributed by atoms with Crippen LogP contribution in [0.15, 0.2) is 27.6 Å². The summed E-state index contributed by atoms with van der Waals surface area (Å²) in [4.78, 5) is 0.0692. The molecule has 0 fully saturated rings. The lowest BCUT2D eigenvalue weighted by Crippen LogP contribution is -2.46. The molecule has 1 rings (SSSR count). The van der Waals surface area contributed by atoms with Crippen LogP contribution in [0.3, 0.4) is 0 Å². The molecule has 5 nitrogen and oxygen atoms in total. The maximum absolute atomic E-state index is 12.0. The van der Waals surface area contributed by atoms with Gasteiger partial charge in [0, 0.05) is 10.2 Å². The summed E-state index contributed by atoms with van der Waals surface area (Å²) in [6, 6.07) is 4.37. The SMILES string of the molecule is CC(C)(CO)NS(=O)(=O)c1ccc(Br)c(N)c1. The Morgan fingerprint density at radius 2 is 2.06 bits per heavy atom. The van der Waals surface area contributed by atoms with Crippen LogP contribution in [0.5, 0.6) is 0 Å². The Hall–Kier alpha value is -0.630.